The van der Waals surface area contributed by atoms with Gasteiger partial charge < -0.3 is 10.0 Å². The summed E-state index contributed by atoms with van der Waals surface area (Å²) < 4.78 is 13.3. The largest absolute Gasteiger partial charge is 0.389 e. The Morgan fingerprint density at radius 2 is 1.83 bits per heavy atom. The van der Waals surface area contributed by atoms with Crippen LogP contribution < -0.4 is 4.90 Å². The highest BCUT2D eigenvalue weighted by molar-refractivity contribution is 6.30. The van der Waals surface area contributed by atoms with Crippen LogP contribution in [0.15, 0.2) is 24.3 Å². The second-order valence-corrected chi connectivity index (χ2v) is 6.94. The first-order valence-electron chi connectivity index (χ1n) is 8.39. The quantitative estimate of drug-likeness (QED) is 0.885. The molecule has 1 aromatic carbocycles. The zero-order valence-electron chi connectivity index (χ0n) is 13.4. The molecule has 2 fully saturated rings. The number of hydrogen-bond donors (Lipinski definition) is 1. The lowest BCUT2D eigenvalue weighted by Gasteiger charge is -2.36. The van der Waals surface area contributed by atoms with Gasteiger partial charge in [-0.2, -0.15) is 0 Å². The van der Waals surface area contributed by atoms with Gasteiger partial charge in [0.25, 0.3) is 0 Å². The standard InChI is InChI=1S/C17H25ClFN3O/c18-14-3-1-4-15(11-14)22-9-7-20(8-10-22)5-2-6-21-12-16(19)17(23)13-21/h1,3-4,11,16-17,23H,2,5-10,12-13H2/t16-,17-/m1/s1. The number of β-amino-alcohol motifs (C(OH)–C–C–N with tert-alkyl or cyclic N) is 1. The number of nitrogens with zero attached hydrogens (tertiary/aromatic N) is 3. The van der Waals surface area contributed by atoms with Crippen molar-refractivity contribution in [2.45, 2.75) is 18.7 Å². The molecule has 4 nitrogen and oxygen atoms in total. The van der Waals surface area contributed by atoms with Gasteiger partial charge in [-0.15, -0.1) is 0 Å². The van der Waals surface area contributed by atoms with Crippen LogP contribution in [0.25, 0.3) is 0 Å². The second-order valence-electron chi connectivity index (χ2n) is 6.51. The minimum Gasteiger partial charge on any atom is -0.389 e. The van der Waals surface area contributed by atoms with E-state index in [0.29, 0.717) is 13.1 Å². The van der Waals surface area contributed by atoms with Gasteiger partial charge in [0.2, 0.25) is 0 Å². The maximum Gasteiger partial charge on any atom is 0.140 e. The normalized spacial score (nSPS) is 26.8. The molecule has 0 aromatic heterocycles. The molecule has 0 unspecified atom stereocenters. The van der Waals surface area contributed by atoms with E-state index in [1.54, 1.807) is 0 Å². The molecular formula is C17H25ClFN3O. The molecular weight excluding hydrogens is 317 g/mol. The number of anilines is 1. The van der Waals surface area contributed by atoms with Crippen LogP contribution in [0.2, 0.25) is 5.02 Å². The van der Waals surface area contributed by atoms with Crippen molar-refractivity contribution in [2.75, 3.05) is 57.3 Å². The predicted octanol–water partition coefficient (Wildman–Crippen LogP) is 1.87. The molecule has 128 valence electrons. The summed E-state index contributed by atoms with van der Waals surface area (Å²) in [4.78, 5) is 6.85. The first-order chi connectivity index (χ1) is 11.1. The Bertz CT molecular complexity index is 500. The van der Waals surface area contributed by atoms with E-state index >= 15 is 0 Å². The molecule has 2 aliphatic rings. The van der Waals surface area contributed by atoms with E-state index in [2.05, 4.69) is 15.9 Å². The summed E-state index contributed by atoms with van der Waals surface area (Å²) >= 11 is 6.06. The van der Waals surface area contributed by atoms with Crippen molar-refractivity contribution < 1.29 is 9.50 Å². The van der Waals surface area contributed by atoms with Gasteiger partial charge in [0.15, 0.2) is 0 Å². The number of piperazine rings is 1. The fraction of sp³-hybridized carbons (Fsp3) is 0.647. The molecule has 2 aliphatic heterocycles. The first-order valence-corrected chi connectivity index (χ1v) is 8.77. The van der Waals surface area contributed by atoms with E-state index in [9.17, 15) is 9.50 Å². The van der Waals surface area contributed by atoms with Gasteiger partial charge in [0.05, 0.1) is 6.10 Å². The zero-order valence-corrected chi connectivity index (χ0v) is 14.1. The van der Waals surface area contributed by atoms with Crippen molar-refractivity contribution in [2.24, 2.45) is 0 Å². The molecule has 2 heterocycles. The smallest absolute Gasteiger partial charge is 0.140 e. The van der Waals surface area contributed by atoms with E-state index in [1.807, 2.05) is 23.1 Å². The van der Waals surface area contributed by atoms with Crippen molar-refractivity contribution in [3.63, 3.8) is 0 Å². The van der Waals surface area contributed by atoms with Crippen LogP contribution in [0.4, 0.5) is 10.1 Å². The first kappa shape index (κ1) is 17.0. The predicted molar refractivity (Wildman–Crippen MR) is 92.1 cm³/mol. The topological polar surface area (TPSA) is 30.0 Å². The highest BCUT2D eigenvalue weighted by atomic mass is 35.5. The van der Waals surface area contributed by atoms with E-state index < -0.39 is 12.3 Å². The molecule has 0 saturated carbocycles. The van der Waals surface area contributed by atoms with Crippen molar-refractivity contribution in [3.05, 3.63) is 29.3 Å². The Labute approximate surface area is 142 Å². The fourth-order valence-electron chi connectivity index (χ4n) is 3.42. The van der Waals surface area contributed by atoms with Gasteiger partial charge in [-0.3, -0.25) is 9.80 Å². The Morgan fingerprint density at radius 1 is 1.09 bits per heavy atom. The van der Waals surface area contributed by atoms with E-state index in [0.717, 1.165) is 50.7 Å². The zero-order chi connectivity index (χ0) is 16.2. The summed E-state index contributed by atoms with van der Waals surface area (Å²) in [5.41, 5.74) is 1.19. The molecule has 0 amide bonds. The van der Waals surface area contributed by atoms with Crippen molar-refractivity contribution in [1.29, 1.82) is 0 Å². The second kappa shape index (κ2) is 7.79. The number of halogens is 2. The van der Waals surface area contributed by atoms with Gasteiger partial charge >= 0.3 is 0 Å². The van der Waals surface area contributed by atoms with E-state index in [4.69, 9.17) is 11.6 Å². The number of benzene rings is 1. The number of hydrogen-bond acceptors (Lipinski definition) is 4. The maximum absolute atomic E-state index is 13.3. The molecule has 6 heteroatoms. The Hall–Kier alpha value is -0.880. The van der Waals surface area contributed by atoms with Crippen LogP contribution in [-0.2, 0) is 0 Å². The lowest BCUT2D eigenvalue weighted by atomic mass is 10.2. The van der Waals surface area contributed by atoms with Gasteiger partial charge in [-0.25, -0.2) is 4.39 Å². The molecule has 0 spiro atoms. The van der Waals surface area contributed by atoms with Crippen LogP contribution in [0.3, 0.4) is 0 Å². The SMILES string of the molecule is O[C@@H]1CN(CCCN2CCN(c3cccc(Cl)c3)CC2)C[C@H]1F. The third-order valence-electron chi connectivity index (χ3n) is 4.79. The Kier molecular flexibility index (Phi) is 5.75. The molecule has 2 atom stereocenters. The number of aliphatic hydroxyl groups is 1. The molecule has 1 N–H and O–H groups in total. The summed E-state index contributed by atoms with van der Waals surface area (Å²) in [6, 6.07) is 8.02. The number of aliphatic hydroxyl groups excluding tert-OH is 1. The molecule has 3 rings (SSSR count). The van der Waals surface area contributed by atoms with Crippen molar-refractivity contribution in [3.8, 4) is 0 Å². The molecule has 0 radical (unpaired) electrons. The lowest BCUT2D eigenvalue weighted by molar-refractivity contribution is 0.115. The maximum atomic E-state index is 13.3. The number of likely N-dealkylation sites (tertiary alicyclic amines) is 1. The summed E-state index contributed by atoms with van der Waals surface area (Å²) in [5, 5.41) is 10.2. The molecule has 0 bridgehead atoms. The summed E-state index contributed by atoms with van der Waals surface area (Å²) in [6.45, 7) is 6.86. The fourth-order valence-corrected chi connectivity index (χ4v) is 3.61. The minimum atomic E-state index is -1.07. The van der Waals surface area contributed by atoms with Gasteiger partial charge in [0, 0.05) is 50.0 Å². The summed E-state index contributed by atoms with van der Waals surface area (Å²) in [6.07, 6.45) is -0.844. The third-order valence-corrected chi connectivity index (χ3v) is 5.02. The Balaban J connectivity index is 1.36. The molecule has 0 aliphatic carbocycles. The van der Waals surface area contributed by atoms with Crippen LogP contribution in [0.1, 0.15) is 6.42 Å². The van der Waals surface area contributed by atoms with Crippen LogP contribution in [0, 0.1) is 0 Å². The molecule has 2 saturated heterocycles. The highest BCUT2D eigenvalue weighted by Gasteiger charge is 2.30. The van der Waals surface area contributed by atoms with Crippen LogP contribution in [-0.4, -0.2) is 79.5 Å². The van der Waals surface area contributed by atoms with Gasteiger partial charge in [0.1, 0.15) is 6.17 Å². The third kappa shape index (κ3) is 4.57. The highest BCUT2D eigenvalue weighted by Crippen LogP contribution is 2.21. The average Bonchev–Trinajstić information content (AvgIpc) is 2.86. The van der Waals surface area contributed by atoms with Crippen molar-refractivity contribution in [1.82, 2.24) is 9.80 Å². The van der Waals surface area contributed by atoms with E-state index in [1.165, 1.54) is 5.69 Å². The monoisotopic (exact) mass is 341 g/mol. The van der Waals surface area contributed by atoms with Crippen LogP contribution in [0.5, 0.6) is 0 Å². The lowest BCUT2D eigenvalue weighted by Crippen LogP contribution is -2.47. The minimum absolute atomic E-state index is 0.379. The van der Waals surface area contributed by atoms with Crippen molar-refractivity contribution >= 4 is 17.3 Å². The number of rotatable bonds is 5. The van der Waals surface area contributed by atoms with E-state index in [-0.39, 0.29) is 0 Å². The molecule has 23 heavy (non-hydrogen) atoms. The summed E-state index contributed by atoms with van der Waals surface area (Å²) in [7, 11) is 0. The van der Waals surface area contributed by atoms with Gasteiger partial charge in [-0.1, -0.05) is 17.7 Å². The molecule has 1 aromatic rings. The van der Waals surface area contributed by atoms with Crippen LogP contribution >= 0.6 is 11.6 Å². The average molecular weight is 342 g/mol. The van der Waals surface area contributed by atoms with Gasteiger partial charge in [-0.05, 0) is 37.7 Å². The Morgan fingerprint density at radius 3 is 2.48 bits per heavy atom. The number of alkyl halides is 1. The summed E-state index contributed by atoms with van der Waals surface area (Å²) in [5.74, 6) is 0.